The molecule has 0 unspecified atom stereocenters. The van der Waals surface area contributed by atoms with E-state index in [1.54, 1.807) is 6.20 Å². The van der Waals surface area contributed by atoms with Gasteiger partial charge in [-0.2, -0.15) is 0 Å². The predicted octanol–water partition coefficient (Wildman–Crippen LogP) is 4.59. The van der Waals surface area contributed by atoms with Gasteiger partial charge in [0.1, 0.15) is 5.69 Å². The van der Waals surface area contributed by atoms with E-state index >= 15 is 0 Å². The van der Waals surface area contributed by atoms with Gasteiger partial charge < -0.3 is 4.90 Å². The first kappa shape index (κ1) is 15.3. The zero-order valence-electron chi connectivity index (χ0n) is 13.6. The van der Waals surface area contributed by atoms with E-state index in [1.165, 1.54) is 24.2 Å². The molecule has 4 rings (SSSR count). The SMILES string of the molecule is Cc1nc(C(=O)N(c2cccc3cccnc23)C2CCCC2)cs1. The van der Waals surface area contributed by atoms with Crippen LogP contribution in [0.3, 0.4) is 0 Å². The van der Waals surface area contributed by atoms with Crippen LogP contribution >= 0.6 is 11.3 Å². The lowest BCUT2D eigenvalue weighted by atomic mass is 10.1. The molecule has 1 fully saturated rings. The second kappa shape index (κ2) is 6.32. The van der Waals surface area contributed by atoms with Crippen LogP contribution in [-0.2, 0) is 0 Å². The maximum absolute atomic E-state index is 13.2. The second-order valence-corrected chi connectivity index (χ2v) is 7.28. The van der Waals surface area contributed by atoms with Crippen LogP contribution < -0.4 is 4.90 Å². The topological polar surface area (TPSA) is 46.1 Å². The number of aromatic nitrogens is 2. The van der Waals surface area contributed by atoms with Crippen LogP contribution in [0.25, 0.3) is 10.9 Å². The normalized spacial score (nSPS) is 15.0. The first-order valence-corrected chi connectivity index (χ1v) is 9.21. The Labute approximate surface area is 145 Å². The molecule has 0 atom stereocenters. The van der Waals surface area contributed by atoms with Crippen molar-refractivity contribution >= 4 is 33.8 Å². The summed E-state index contributed by atoms with van der Waals surface area (Å²) in [4.78, 5) is 24.1. The highest BCUT2D eigenvalue weighted by atomic mass is 32.1. The summed E-state index contributed by atoms with van der Waals surface area (Å²) in [5.41, 5.74) is 2.32. The maximum Gasteiger partial charge on any atom is 0.278 e. The molecular formula is C19H19N3OS. The van der Waals surface area contributed by atoms with Crippen molar-refractivity contribution in [3.8, 4) is 0 Å². The number of hydrogen-bond donors (Lipinski definition) is 0. The number of para-hydroxylation sites is 1. The predicted molar refractivity (Wildman–Crippen MR) is 97.7 cm³/mol. The Balaban J connectivity index is 1.84. The van der Waals surface area contributed by atoms with Gasteiger partial charge in [0.2, 0.25) is 0 Å². The summed E-state index contributed by atoms with van der Waals surface area (Å²) in [7, 11) is 0. The van der Waals surface area contributed by atoms with E-state index in [2.05, 4.69) is 9.97 Å². The fourth-order valence-electron chi connectivity index (χ4n) is 3.50. The van der Waals surface area contributed by atoms with E-state index in [4.69, 9.17) is 0 Å². The summed E-state index contributed by atoms with van der Waals surface area (Å²) in [6, 6.07) is 10.2. The third-order valence-electron chi connectivity index (χ3n) is 4.62. The highest BCUT2D eigenvalue weighted by Crippen LogP contribution is 2.33. The molecule has 1 amide bonds. The zero-order valence-corrected chi connectivity index (χ0v) is 14.4. The number of carbonyl (C=O) groups is 1. The molecule has 5 heteroatoms. The van der Waals surface area contributed by atoms with Gasteiger partial charge in [-0.25, -0.2) is 4.98 Å². The number of anilines is 1. The fourth-order valence-corrected chi connectivity index (χ4v) is 4.09. The van der Waals surface area contributed by atoms with Gasteiger partial charge in [-0.15, -0.1) is 11.3 Å². The molecule has 0 bridgehead atoms. The Morgan fingerprint density at radius 1 is 1.21 bits per heavy atom. The number of aryl methyl sites for hydroxylation is 1. The molecule has 1 aromatic carbocycles. The van der Waals surface area contributed by atoms with Gasteiger partial charge in [-0.3, -0.25) is 9.78 Å². The van der Waals surface area contributed by atoms with Crippen LogP contribution in [0.2, 0.25) is 0 Å². The Hall–Kier alpha value is -2.27. The highest BCUT2D eigenvalue weighted by molar-refractivity contribution is 7.09. The lowest BCUT2D eigenvalue weighted by Gasteiger charge is -2.29. The molecule has 0 aliphatic heterocycles. The lowest BCUT2D eigenvalue weighted by Crippen LogP contribution is -2.39. The van der Waals surface area contributed by atoms with Crippen molar-refractivity contribution in [2.45, 2.75) is 38.6 Å². The first-order chi connectivity index (χ1) is 11.7. The molecule has 1 saturated carbocycles. The Kier molecular flexibility index (Phi) is 4.02. The van der Waals surface area contributed by atoms with Gasteiger partial charge in [-0.05, 0) is 31.9 Å². The van der Waals surface area contributed by atoms with E-state index in [-0.39, 0.29) is 11.9 Å². The number of rotatable bonds is 3. The van der Waals surface area contributed by atoms with Gasteiger partial charge in [0.05, 0.1) is 16.2 Å². The van der Waals surface area contributed by atoms with Crippen molar-refractivity contribution in [1.82, 2.24) is 9.97 Å². The van der Waals surface area contributed by atoms with Gasteiger partial charge >= 0.3 is 0 Å². The van der Waals surface area contributed by atoms with E-state index in [9.17, 15) is 4.79 Å². The van der Waals surface area contributed by atoms with Crippen LogP contribution in [0.5, 0.6) is 0 Å². The average molecular weight is 337 g/mol. The number of carbonyl (C=O) groups excluding carboxylic acids is 1. The van der Waals surface area contributed by atoms with E-state index < -0.39 is 0 Å². The molecule has 122 valence electrons. The molecule has 0 N–H and O–H groups in total. The van der Waals surface area contributed by atoms with Crippen molar-refractivity contribution in [3.05, 3.63) is 52.6 Å². The first-order valence-electron chi connectivity index (χ1n) is 8.33. The van der Waals surface area contributed by atoms with Gasteiger partial charge in [0, 0.05) is 23.0 Å². The Morgan fingerprint density at radius 2 is 2.00 bits per heavy atom. The molecule has 2 heterocycles. The highest BCUT2D eigenvalue weighted by Gasteiger charge is 2.31. The molecule has 3 aromatic rings. The molecule has 0 saturated heterocycles. The van der Waals surface area contributed by atoms with Crippen molar-refractivity contribution in [1.29, 1.82) is 0 Å². The van der Waals surface area contributed by atoms with Gasteiger partial charge in [-0.1, -0.05) is 31.0 Å². The maximum atomic E-state index is 13.2. The summed E-state index contributed by atoms with van der Waals surface area (Å²) < 4.78 is 0. The van der Waals surface area contributed by atoms with Crippen LogP contribution in [0.15, 0.2) is 41.9 Å². The minimum absolute atomic E-state index is 0.00981. The van der Waals surface area contributed by atoms with Crippen molar-refractivity contribution in [3.63, 3.8) is 0 Å². The number of thiazole rings is 1. The monoisotopic (exact) mass is 337 g/mol. The summed E-state index contributed by atoms with van der Waals surface area (Å²) in [5, 5.41) is 3.83. The summed E-state index contributed by atoms with van der Waals surface area (Å²) >= 11 is 1.52. The number of nitrogens with zero attached hydrogens (tertiary/aromatic N) is 3. The molecule has 1 aliphatic rings. The fraction of sp³-hybridized carbons (Fsp3) is 0.316. The smallest absolute Gasteiger partial charge is 0.278 e. The van der Waals surface area contributed by atoms with Crippen LogP contribution in [-0.4, -0.2) is 21.9 Å². The summed E-state index contributed by atoms with van der Waals surface area (Å²) in [6.45, 7) is 1.93. The summed E-state index contributed by atoms with van der Waals surface area (Å²) in [5.74, 6) is -0.00981. The second-order valence-electron chi connectivity index (χ2n) is 6.22. The quantitative estimate of drug-likeness (QED) is 0.702. The Bertz CT molecular complexity index is 878. The van der Waals surface area contributed by atoms with Crippen molar-refractivity contribution < 1.29 is 4.79 Å². The summed E-state index contributed by atoms with van der Waals surface area (Å²) in [6.07, 6.45) is 6.21. The molecular weight excluding hydrogens is 318 g/mol. The lowest BCUT2D eigenvalue weighted by molar-refractivity contribution is 0.0973. The molecule has 24 heavy (non-hydrogen) atoms. The van der Waals surface area contributed by atoms with E-state index in [1.807, 2.05) is 47.5 Å². The molecule has 4 nitrogen and oxygen atoms in total. The van der Waals surface area contributed by atoms with Gasteiger partial charge in [0.25, 0.3) is 5.91 Å². The van der Waals surface area contributed by atoms with Crippen LogP contribution in [0.4, 0.5) is 5.69 Å². The number of pyridine rings is 1. The molecule has 0 spiro atoms. The largest absolute Gasteiger partial charge is 0.302 e. The third-order valence-corrected chi connectivity index (χ3v) is 5.39. The number of benzene rings is 1. The van der Waals surface area contributed by atoms with Crippen LogP contribution in [0.1, 0.15) is 41.2 Å². The molecule has 0 radical (unpaired) electrons. The Morgan fingerprint density at radius 3 is 2.75 bits per heavy atom. The molecule has 2 aromatic heterocycles. The third kappa shape index (κ3) is 2.69. The zero-order chi connectivity index (χ0) is 16.5. The van der Waals surface area contributed by atoms with E-state index in [0.717, 1.165) is 34.4 Å². The van der Waals surface area contributed by atoms with Crippen LogP contribution in [0, 0.1) is 6.92 Å². The average Bonchev–Trinajstić information content (AvgIpc) is 3.27. The standard InChI is InChI=1S/C19H19N3OS/c1-13-21-16(12-24-13)19(23)22(15-8-2-3-9-15)17-10-4-6-14-7-5-11-20-18(14)17/h4-7,10-12,15H,2-3,8-9H2,1H3. The number of fused-ring (bicyclic) bond motifs is 1. The molecule has 1 aliphatic carbocycles. The van der Waals surface area contributed by atoms with Crippen molar-refractivity contribution in [2.24, 2.45) is 0 Å². The van der Waals surface area contributed by atoms with Crippen molar-refractivity contribution in [2.75, 3.05) is 4.90 Å². The minimum Gasteiger partial charge on any atom is -0.302 e. The number of amides is 1. The van der Waals surface area contributed by atoms with Gasteiger partial charge in [0.15, 0.2) is 0 Å². The van der Waals surface area contributed by atoms with E-state index in [0.29, 0.717) is 5.69 Å². The minimum atomic E-state index is -0.00981. The number of hydrogen-bond acceptors (Lipinski definition) is 4.